The van der Waals surface area contributed by atoms with Crippen molar-refractivity contribution in [3.8, 4) is 5.75 Å². The van der Waals surface area contributed by atoms with Crippen LogP contribution in [0.25, 0.3) is 0 Å². The lowest BCUT2D eigenvalue weighted by Gasteiger charge is -2.35. The molecule has 0 aromatic heterocycles. The molecule has 35 heavy (non-hydrogen) atoms. The molecule has 0 unspecified atom stereocenters. The number of hydrogen-bond donors (Lipinski definition) is 2. The number of carbonyl (C=O) groups is 2. The van der Waals surface area contributed by atoms with Gasteiger partial charge in [0.15, 0.2) is 5.96 Å². The summed E-state index contributed by atoms with van der Waals surface area (Å²) in [5.74, 6) is 2.20. The van der Waals surface area contributed by atoms with Gasteiger partial charge in [-0.15, -0.1) is 0 Å². The van der Waals surface area contributed by atoms with E-state index >= 15 is 0 Å². The Bertz CT molecular complexity index is 909. The topological polar surface area (TPSA) is 97.0 Å². The van der Waals surface area contributed by atoms with Gasteiger partial charge in [-0.05, 0) is 61.8 Å². The summed E-state index contributed by atoms with van der Waals surface area (Å²) < 4.78 is 5.19. The molecule has 7 heteroatoms. The highest BCUT2D eigenvalue weighted by Crippen LogP contribution is 2.39. The van der Waals surface area contributed by atoms with Crippen LogP contribution in [-0.4, -0.2) is 48.4 Å². The van der Waals surface area contributed by atoms with Gasteiger partial charge in [-0.25, -0.2) is 4.99 Å². The predicted molar refractivity (Wildman–Crippen MR) is 138 cm³/mol. The minimum Gasteiger partial charge on any atom is -0.497 e. The zero-order chi connectivity index (χ0) is 24.8. The highest BCUT2D eigenvalue weighted by molar-refractivity contribution is 6.06. The van der Waals surface area contributed by atoms with Gasteiger partial charge >= 0.3 is 0 Å². The van der Waals surface area contributed by atoms with Gasteiger partial charge in [0.1, 0.15) is 11.3 Å². The maximum Gasteiger partial charge on any atom is 0.257 e. The fraction of sp³-hybridized carbons (Fsp3) is 0.679. The van der Waals surface area contributed by atoms with Crippen molar-refractivity contribution >= 4 is 17.8 Å². The van der Waals surface area contributed by atoms with Gasteiger partial charge in [-0.1, -0.05) is 57.8 Å². The molecule has 1 heterocycles. The molecule has 7 nitrogen and oxygen atoms in total. The fourth-order valence-corrected chi connectivity index (χ4v) is 6.41. The summed E-state index contributed by atoms with van der Waals surface area (Å²) in [6.45, 7) is 0. The van der Waals surface area contributed by atoms with Crippen molar-refractivity contribution in [2.24, 2.45) is 22.6 Å². The zero-order valence-electron chi connectivity index (χ0n) is 21.4. The average Bonchev–Trinajstić information content (AvgIpc) is 3.08. The number of benzene rings is 1. The highest BCUT2D eigenvalue weighted by atomic mass is 16.5. The van der Waals surface area contributed by atoms with Crippen LogP contribution in [0.4, 0.5) is 0 Å². The van der Waals surface area contributed by atoms with E-state index in [2.05, 4.69) is 5.32 Å². The highest BCUT2D eigenvalue weighted by Gasteiger charge is 2.47. The Labute approximate surface area is 209 Å². The summed E-state index contributed by atoms with van der Waals surface area (Å²) in [7, 11) is 3.35. The van der Waals surface area contributed by atoms with Crippen LogP contribution in [0, 0.1) is 11.8 Å². The number of guanidine groups is 1. The second kappa shape index (κ2) is 11.4. The van der Waals surface area contributed by atoms with Crippen LogP contribution in [0.2, 0.25) is 0 Å². The van der Waals surface area contributed by atoms with Crippen LogP contribution in [0.1, 0.15) is 93.8 Å². The van der Waals surface area contributed by atoms with E-state index in [0.717, 1.165) is 56.6 Å². The van der Waals surface area contributed by atoms with E-state index in [-0.39, 0.29) is 17.9 Å². The molecule has 192 valence electrons. The third kappa shape index (κ3) is 6.17. The number of carbonyl (C=O) groups excluding carboxylic acids is 2. The molecule has 3 aliphatic rings. The van der Waals surface area contributed by atoms with Gasteiger partial charge in [0, 0.05) is 18.7 Å². The first-order valence-electron chi connectivity index (χ1n) is 13.5. The largest absolute Gasteiger partial charge is 0.497 e. The van der Waals surface area contributed by atoms with E-state index in [1.54, 1.807) is 38.4 Å². The van der Waals surface area contributed by atoms with Crippen LogP contribution >= 0.6 is 0 Å². The number of likely N-dealkylation sites (N-methyl/N-ethyl adjacent to an activating group) is 1. The average molecular weight is 483 g/mol. The summed E-state index contributed by atoms with van der Waals surface area (Å²) in [6, 6.07) is 7.31. The molecule has 0 saturated heterocycles. The van der Waals surface area contributed by atoms with Crippen LogP contribution in [0.3, 0.4) is 0 Å². The molecule has 2 saturated carbocycles. The molecule has 2 aliphatic carbocycles. The second-order valence-corrected chi connectivity index (χ2v) is 10.9. The van der Waals surface area contributed by atoms with Gasteiger partial charge < -0.3 is 15.8 Å². The number of methoxy groups -OCH3 is 1. The summed E-state index contributed by atoms with van der Waals surface area (Å²) in [5.41, 5.74) is 6.03. The molecule has 1 aliphatic heterocycles. The van der Waals surface area contributed by atoms with Crippen LogP contribution in [-0.2, 0) is 4.79 Å². The first-order valence-corrected chi connectivity index (χ1v) is 13.5. The third-order valence-corrected chi connectivity index (χ3v) is 8.40. The molecule has 2 fully saturated rings. The number of aliphatic imine (C=N–C) groups is 1. The zero-order valence-corrected chi connectivity index (χ0v) is 21.4. The summed E-state index contributed by atoms with van der Waals surface area (Å²) in [5, 5.41) is 3.22. The van der Waals surface area contributed by atoms with Gasteiger partial charge in [0.25, 0.3) is 11.8 Å². The van der Waals surface area contributed by atoms with Crippen LogP contribution < -0.4 is 15.8 Å². The van der Waals surface area contributed by atoms with Crippen molar-refractivity contribution in [1.82, 2.24) is 10.2 Å². The maximum atomic E-state index is 13.3. The predicted octanol–water partition coefficient (Wildman–Crippen LogP) is 4.65. The van der Waals surface area contributed by atoms with E-state index in [1.807, 2.05) is 0 Å². The second-order valence-electron chi connectivity index (χ2n) is 10.9. The van der Waals surface area contributed by atoms with Crippen molar-refractivity contribution in [2.45, 2.75) is 95.1 Å². The number of amides is 2. The first kappa shape index (κ1) is 25.5. The van der Waals surface area contributed by atoms with Gasteiger partial charge in [-0.2, -0.15) is 0 Å². The Hall–Kier alpha value is -2.57. The van der Waals surface area contributed by atoms with E-state index in [1.165, 1.54) is 43.4 Å². The molecule has 2 amide bonds. The summed E-state index contributed by atoms with van der Waals surface area (Å²) >= 11 is 0. The molecule has 3 atom stereocenters. The fourth-order valence-electron chi connectivity index (χ4n) is 6.41. The molecule has 1 aromatic carbocycles. The third-order valence-electron chi connectivity index (χ3n) is 8.40. The number of nitrogens with one attached hydrogen (secondary N) is 1. The first-order chi connectivity index (χ1) is 16.9. The molecular formula is C28H42N4O3. The van der Waals surface area contributed by atoms with E-state index in [4.69, 9.17) is 15.5 Å². The van der Waals surface area contributed by atoms with Gasteiger partial charge in [0.2, 0.25) is 0 Å². The van der Waals surface area contributed by atoms with Crippen molar-refractivity contribution in [3.05, 3.63) is 29.8 Å². The number of rotatable bonds is 9. The van der Waals surface area contributed by atoms with Crippen molar-refractivity contribution in [2.75, 3.05) is 14.2 Å². The number of nitrogens with zero attached hydrogens (tertiary/aromatic N) is 2. The normalized spacial score (nSPS) is 27.5. The number of ether oxygens (including phenoxy) is 1. The maximum absolute atomic E-state index is 13.3. The lowest BCUT2D eigenvalue weighted by Crippen LogP contribution is -2.45. The van der Waals surface area contributed by atoms with Crippen LogP contribution in [0.5, 0.6) is 5.75 Å². The Kier molecular flexibility index (Phi) is 8.34. The summed E-state index contributed by atoms with van der Waals surface area (Å²) in [4.78, 5) is 32.5. The van der Waals surface area contributed by atoms with E-state index < -0.39 is 5.54 Å². The monoisotopic (exact) mass is 482 g/mol. The number of nitrogens with two attached hydrogens (primary N) is 1. The van der Waals surface area contributed by atoms with Crippen molar-refractivity contribution in [3.63, 3.8) is 0 Å². The van der Waals surface area contributed by atoms with Gasteiger partial charge in [-0.3, -0.25) is 14.5 Å². The molecule has 1 aromatic rings. The summed E-state index contributed by atoms with van der Waals surface area (Å²) in [6.07, 6.45) is 14.3. The Morgan fingerprint density at radius 1 is 1.11 bits per heavy atom. The lowest BCUT2D eigenvalue weighted by atomic mass is 9.75. The molecule has 0 bridgehead atoms. The van der Waals surface area contributed by atoms with Crippen molar-refractivity contribution in [1.29, 1.82) is 0 Å². The Morgan fingerprint density at radius 3 is 2.49 bits per heavy atom. The lowest BCUT2D eigenvalue weighted by molar-refractivity contribution is -0.131. The molecule has 3 N–H and O–H groups in total. The number of hydrogen-bond acceptors (Lipinski definition) is 5. The van der Waals surface area contributed by atoms with Crippen LogP contribution in [0.15, 0.2) is 29.3 Å². The smallest absolute Gasteiger partial charge is 0.257 e. The Morgan fingerprint density at radius 2 is 1.83 bits per heavy atom. The van der Waals surface area contributed by atoms with Crippen molar-refractivity contribution < 1.29 is 14.3 Å². The molecule has 4 rings (SSSR count). The van der Waals surface area contributed by atoms with Gasteiger partial charge in [0.05, 0.1) is 7.11 Å². The SMILES string of the molecule is COc1ccc(C(=O)N[C@@H]2CCC[C@H](C[C@@]3(CCCC4CCCCC4)N=C(N)N(C)C3=O)C2)cc1. The van der Waals surface area contributed by atoms with E-state index in [9.17, 15) is 9.59 Å². The molecular weight excluding hydrogens is 440 g/mol. The quantitative estimate of drug-likeness (QED) is 0.535. The standard InChI is InChI=1S/C28H42N4O3/c1-32-26(34)28(31-27(32)29,17-7-11-20-8-4-3-5-9-20)19-21-10-6-12-23(18-21)30-25(33)22-13-15-24(35-2)16-14-22/h13-16,20-21,23H,3-12,17-19H2,1-2H3,(H2,29,31)(H,30,33)/t21-,23+,28+/m0/s1. The molecule has 0 spiro atoms. The van der Waals surface area contributed by atoms with E-state index in [0.29, 0.717) is 17.4 Å². The molecule has 0 radical (unpaired) electrons. The minimum absolute atomic E-state index is 0.0445. The minimum atomic E-state index is -0.736. The Balaban J connectivity index is 1.37.